The van der Waals surface area contributed by atoms with Crippen molar-refractivity contribution in [1.29, 1.82) is 0 Å². The molecule has 22 heavy (non-hydrogen) atoms. The van der Waals surface area contributed by atoms with Crippen LogP contribution in [0, 0.1) is 5.92 Å². The van der Waals surface area contributed by atoms with Gasteiger partial charge in [0.15, 0.2) is 12.4 Å². The molecule has 2 rings (SSSR count). The van der Waals surface area contributed by atoms with Gasteiger partial charge in [-0.3, -0.25) is 9.59 Å². The largest absolute Gasteiger partial charge is 0.451 e. The Morgan fingerprint density at radius 2 is 2.09 bits per heavy atom. The number of benzene rings is 1. The highest BCUT2D eigenvalue weighted by atomic mass is 16.6. The number of likely N-dealkylation sites (N-methyl/N-ethyl adjacent to an activating group) is 1. The van der Waals surface area contributed by atoms with Gasteiger partial charge in [0.05, 0.1) is 13.2 Å². The Morgan fingerprint density at radius 3 is 2.68 bits per heavy atom. The number of carbonyl (C=O) groups excluding carboxylic acids is 2. The van der Waals surface area contributed by atoms with Crippen LogP contribution in [0.4, 0.5) is 0 Å². The molecule has 120 valence electrons. The minimum absolute atomic E-state index is 0.0734. The molecular weight excluding hydrogens is 282 g/mol. The Labute approximate surface area is 131 Å². The van der Waals surface area contributed by atoms with E-state index in [9.17, 15) is 9.59 Å². The molecule has 1 aliphatic rings. The molecule has 1 aliphatic carbocycles. The van der Waals surface area contributed by atoms with E-state index in [0.717, 1.165) is 12.0 Å². The molecular formula is C17H23NO4. The summed E-state index contributed by atoms with van der Waals surface area (Å²) in [6.45, 7) is 0.463. The summed E-state index contributed by atoms with van der Waals surface area (Å²) in [4.78, 5) is 23.1. The highest BCUT2D eigenvalue weighted by molar-refractivity contribution is 5.78. The second-order valence-corrected chi connectivity index (χ2v) is 5.63. The number of aldehydes is 1. The SMILES string of the molecule is CN[C@@H](CC1CC1)C(=O)OC(C=O)COCc1ccccc1. The minimum atomic E-state index is -0.855. The van der Waals surface area contributed by atoms with Crippen molar-refractivity contribution in [3.8, 4) is 0 Å². The molecule has 0 aromatic heterocycles. The molecule has 0 bridgehead atoms. The monoisotopic (exact) mass is 305 g/mol. The Hall–Kier alpha value is -1.72. The van der Waals surface area contributed by atoms with E-state index < -0.39 is 6.10 Å². The van der Waals surface area contributed by atoms with Gasteiger partial charge >= 0.3 is 5.97 Å². The van der Waals surface area contributed by atoms with Gasteiger partial charge in [-0.05, 0) is 24.9 Å². The van der Waals surface area contributed by atoms with E-state index in [0.29, 0.717) is 18.8 Å². The lowest BCUT2D eigenvalue weighted by atomic mass is 10.1. The van der Waals surface area contributed by atoms with Gasteiger partial charge in [-0.15, -0.1) is 0 Å². The first-order valence-electron chi connectivity index (χ1n) is 7.67. The summed E-state index contributed by atoms with van der Waals surface area (Å²) in [7, 11) is 1.73. The Bertz CT molecular complexity index is 473. The Morgan fingerprint density at radius 1 is 1.36 bits per heavy atom. The lowest BCUT2D eigenvalue weighted by molar-refractivity contribution is -0.157. The zero-order valence-corrected chi connectivity index (χ0v) is 12.9. The fraction of sp³-hybridized carbons (Fsp3) is 0.529. The predicted octanol–water partition coefficient (Wildman–Crippen LogP) is 1.70. The third kappa shape index (κ3) is 5.58. The molecule has 0 saturated heterocycles. The van der Waals surface area contributed by atoms with Gasteiger partial charge in [-0.25, -0.2) is 0 Å². The van der Waals surface area contributed by atoms with Crippen molar-refractivity contribution >= 4 is 12.3 Å². The van der Waals surface area contributed by atoms with E-state index in [1.165, 1.54) is 12.8 Å². The summed E-state index contributed by atoms with van der Waals surface area (Å²) >= 11 is 0. The minimum Gasteiger partial charge on any atom is -0.451 e. The number of hydrogen-bond acceptors (Lipinski definition) is 5. The lowest BCUT2D eigenvalue weighted by Crippen LogP contribution is -2.39. The smallest absolute Gasteiger partial charge is 0.323 e. The van der Waals surface area contributed by atoms with Gasteiger partial charge in [0.25, 0.3) is 0 Å². The zero-order chi connectivity index (χ0) is 15.8. The van der Waals surface area contributed by atoms with Gasteiger partial charge in [0, 0.05) is 0 Å². The van der Waals surface area contributed by atoms with Crippen molar-refractivity contribution in [1.82, 2.24) is 5.32 Å². The van der Waals surface area contributed by atoms with Crippen molar-refractivity contribution in [2.75, 3.05) is 13.7 Å². The molecule has 0 radical (unpaired) electrons. The fourth-order valence-electron chi connectivity index (χ4n) is 2.22. The van der Waals surface area contributed by atoms with E-state index >= 15 is 0 Å². The molecule has 1 aromatic rings. The molecule has 0 amide bonds. The number of nitrogens with one attached hydrogen (secondary N) is 1. The van der Waals surface area contributed by atoms with Crippen LogP contribution in [0.3, 0.4) is 0 Å². The predicted molar refractivity (Wildman–Crippen MR) is 82.2 cm³/mol. The highest BCUT2D eigenvalue weighted by Gasteiger charge is 2.30. The summed E-state index contributed by atoms with van der Waals surface area (Å²) in [5, 5.41) is 2.95. The van der Waals surface area contributed by atoms with E-state index in [2.05, 4.69) is 5.32 Å². The maximum absolute atomic E-state index is 12.0. The normalized spacial score (nSPS) is 16.8. The van der Waals surface area contributed by atoms with Crippen LogP contribution in [0.1, 0.15) is 24.8 Å². The van der Waals surface area contributed by atoms with Crippen LogP contribution in [0.15, 0.2) is 30.3 Å². The lowest BCUT2D eigenvalue weighted by Gasteiger charge is -2.18. The van der Waals surface area contributed by atoms with Crippen LogP contribution >= 0.6 is 0 Å². The van der Waals surface area contributed by atoms with Gasteiger partial charge < -0.3 is 14.8 Å². The maximum Gasteiger partial charge on any atom is 0.323 e. The number of carbonyl (C=O) groups is 2. The van der Waals surface area contributed by atoms with E-state index in [-0.39, 0.29) is 18.6 Å². The number of rotatable bonds is 10. The standard InChI is InChI=1S/C17H23NO4/c1-18-16(9-13-7-8-13)17(20)22-15(10-19)12-21-11-14-5-3-2-4-6-14/h2-6,10,13,15-16,18H,7-9,11-12H2,1H3/t15?,16-/m0/s1. The van der Waals surface area contributed by atoms with Crippen LogP contribution < -0.4 is 5.32 Å². The first-order valence-corrected chi connectivity index (χ1v) is 7.67. The van der Waals surface area contributed by atoms with Crippen molar-refractivity contribution in [3.05, 3.63) is 35.9 Å². The Kier molecular flexibility index (Phi) is 6.55. The second kappa shape index (κ2) is 8.66. The summed E-state index contributed by atoms with van der Waals surface area (Å²) in [6, 6.07) is 9.31. The summed E-state index contributed by atoms with van der Waals surface area (Å²) < 4.78 is 10.7. The molecule has 1 aromatic carbocycles. The quantitative estimate of drug-likeness (QED) is 0.526. The second-order valence-electron chi connectivity index (χ2n) is 5.63. The fourth-order valence-corrected chi connectivity index (χ4v) is 2.22. The van der Waals surface area contributed by atoms with Gasteiger partial charge in [-0.2, -0.15) is 0 Å². The molecule has 1 saturated carbocycles. The molecule has 1 N–H and O–H groups in total. The van der Waals surface area contributed by atoms with E-state index in [1.54, 1.807) is 7.05 Å². The summed E-state index contributed by atoms with van der Waals surface area (Å²) in [6.07, 6.45) is 2.87. The molecule has 0 aliphatic heterocycles. The number of esters is 1. The van der Waals surface area contributed by atoms with Crippen molar-refractivity contribution in [3.63, 3.8) is 0 Å². The molecule has 5 nitrogen and oxygen atoms in total. The number of hydrogen-bond donors (Lipinski definition) is 1. The average Bonchev–Trinajstić information content (AvgIpc) is 3.36. The van der Waals surface area contributed by atoms with Gasteiger partial charge in [0.1, 0.15) is 6.04 Å². The third-order valence-electron chi connectivity index (χ3n) is 3.71. The van der Waals surface area contributed by atoms with Crippen LogP contribution in [-0.2, 0) is 25.7 Å². The highest BCUT2D eigenvalue weighted by Crippen LogP contribution is 2.33. The van der Waals surface area contributed by atoms with Crippen LogP contribution in [0.25, 0.3) is 0 Å². The van der Waals surface area contributed by atoms with Crippen LogP contribution in [-0.4, -0.2) is 38.1 Å². The molecule has 0 spiro atoms. The van der Waals surface area contributed by atoms with Crippen LogP contribution in [0.5, 0.6) is 0 Å². The Balaban J connectivity index is 1.73. The molecule has 0 heterocycles. The van der Waals surface area contributed by atoms with E-state index in [1.807, 2.05) is 30.3 Å². The van der Waals surface area contributed by atoms with Crippen molar-refractivity contribution in [2.45, 2.75) is 38.0 Å². The van der Waals surface area contributed by atoms with Gasteiger partial charge in [0.2, 0.25) is 0 Å². The van der Waals surface area contributed by atoms with Crippen molar-refractivity contribution < 1.29 is 19.1 Å². The van der Waals surface area contributed by atoms with Crippen molar-refractivity contribution in [2.24, 2.45) is 5.92 Å². The summed E-state index contributed by atoms with van der Waals surface area (Å²) in [5.74, 6) is 0.226. The molecule has 2 atom stereocenters. The topological polar surface area (TPSA) is 64.6 Å². The summed E-state index contributed by atoms with van der Waals surface area (Å²) in [5.41, 5.74) is 1.01. The molecule has 1 unspecified atom stereocenters. The third-order valence-corrected chi connectivity index (χ3v) is 3.71. The first-order chi connectivity index (χ1) is 10.7. The molecule has 1 fully saturated rings. The number of ether oxygens (including phenoxy) is 2. The van der Waals surface area contributed by atoms with Crippen LogP contribution in [0.2, 0.25) is 0 Å². The van der Waals surface area contributed by atoms with Gasteiger partial charge in [-0.1, -0.05) is 43.2 Å². The van der Waals surface area contributed by atoms with E-state index in [4.69, 9.17) is 9.47 Å². The molecule has 5 heteroatoms. The maximum atomic E-state index is 12.0. The first kappa shape index (κ1) is 16.6. The zero-order valence-electron chi connectivity index (χ0n) is 12.9. The average molecular weight is 305 g/mol.